The molecule has 1 saturated carbocycles. The molecule has 2 fully saturated rings. The molecule has 0 bridgehead atoms. The van der Waals surface area contributed by atoms with Gasteiger partial charge >= 0.3 is 0 Å². The number of hydrogen-bond acceptors (Lipinski definition) is 2. The molecule has 2 rings (SSSR count). The third kappa shape index (κ3) is 1.50. The highest BCUT2D eigenvalue weighted by atomic mass is 16.5. The summed E-state index contributed by atoms with van der Waals surface area (Å²) >= 11 is 0. The number of rotatable bonds is 2. The number of nitrogens with one attached hydrogen (secondary N) is 1. The fourth-order valence-corrected chi connectivity index (χ4v) is 2.69. The summed E-state index contributed by atoms with van der Waals surface area (Å²) in [5.74, 6) is 0.818. The molecule has 0 aromatic rings. The number of fused-ring (bicyclic) bond motifs is 1. The van der Waals surface area contributed by atoms with Gasteiger partial charge in [0.05, 0.1) is 6.10 Å². The van der Waals surface area contributed by atoms with Crippen LogP contribution in [0.4, 0.5) is 0 Å². The normalized spacial score (nSPS) is 41.2. The van der Waals surface area contributed by atoms with Crippen LogP contribution in [0, 0.1) is 5.92 Å². The average Bonchev–Trinajstić information content (AvgIpc) is 2.53. The fraction of sp³-hybridized carbons (Fsp3) is 1.00. The van der Waals surface area contributed by atoms with Gasteiger partial charge in [0.15, 0.2) is 0 Å². The molecule has 0 spiro atoms. The average molecular weight is 169 g/mol. The van der Waals surface area contributed by atoms with Crippen molar-refractivity contribution in [2.75, 3.05) is 13.2 Å². The highest BCUT2D eigenvalue weighted by Gasteiger charge is 2.36. The maximum atomic E-state index is 5.69. The summed E-state index contributed by atoms with van der Waals surface area (Å²) in [7, 11) is 0. The molecule has 0 unspecified atom stereocenters. The Balaban J connectivity index is 1.94. The van der Waals surface area contributed by atoms with E-state index in [1.54, 1.807) is 0 Å². The van der Waals surface area contributed by atoms with Gasteiger partial charge < -0.3 is 10.1 Å². The molecule has 1 heterocycles. The molecule has 2 heteroatoms. The van der Waals surface area contributed by atoms with Gasteiger partial charge in [-0.05, 0) is 32.2 Å². The first-order chi connectivity index (χ1) is 5.92. The Labute approximate surface area is 74.7 Å². The van der Waals surface area contributed by atoms with Gasteiger partial charge in [-0.25, -0.2) is 0 Å². The zero-order chi connectivity index (χ0) is 8.39. The van der Waals surface area contributed by atoms with Crippen LogP contribution in [0.15, 0.2) is 0 Å². The first-order valence-electron chi connectivity index (χ1n) is 5.27. The molecule has 1 saturated heterocycles. The monoisotopic (exact) mass is 169 g/mol. The Kier molecular flexibility index (Phi) is 2.66. The van der Waals surface area contributed by atoms with E-state index in [1.807, 2.05) is 0 Å². The van der Waals surface area contributed by atoms with E-state index >= 15 is 0 Å². The van der Waals surface area contributed by atoms with Crippen molar-refractivity contribution in [2.45, 2.75) is 44.8 Å². The predicted octanol–water partition coefficient (Wildman–Crippen LogP) is 1.55. The third-order valence-electron chi connectivity index (χ3n) is 3.25. The summed E-state index contributed by atoms with van der Waals surface area (Å²) in [5.41, 5.74) is 0. The van der Waals surface area contributed by atoms with E-state index in [-0.39, 0.29) is 0 Å². The van der Waals surface area contributed by atoms with Crippen molar-refractivity contribution in [3.63, 3.8) is 0 Å². The van der Waals surface area contributed by atoms with Gasteiger partial charge in [-0.2, -0.15) is 0 Å². The van der Waals surface area contributed by atoms with Crippen LogP contribution in [0.5, 0.6) is 0 Å². The maximum Gasteiger partial charge on any atom is 0.0619 e. The molecule has 0 aromatic carbocycles. The van der Waals surface area contributed by atoms with Crippen LogP contribution in [0.25, 0.3) is 0 Å². The second kappa shape index (κ2) is 3.75. The fourth-order valence-electron chi connectivity index (χ4n) is 2.69. The van der Waals surface area contributed by atoms with Crippen molar-refractivity contribution in [3.8, 4) is 0 Å². The van der Waals surface area contributed by atoms with E-state index in [9.17, 15) is 0 Å². The second-order valence-electron chi connectivity index (χ2n) is 3.96. The summed E-state index contributed by atoms with van der Waals surface area (Å²) in [6.45, 7) is 4.30. The molecule has 1 N–H and O–H groups in total. The van der Waals surface area contributed by atoms with E-state index in [4.69, 9.17) is 4.74 Å². The topological polar surface area (TPSA) is 21.3 Å². The minimum atomic E-state index is 0.586. The second-order valence-corrected chi connectivity index (χ2v) is 3.96. The SMILES string of the molecule is CCN[C@@H]1CCC[C@H]2OCC[C@@H]12. The number of ether oxygens (including phenoxy) is 1. The molecule has 1 aliphatic carbocycles. The largest absolute Gasteiger partial charge is 0.378 e. The van der Waals surface area contributed by atoms with E-state index < -0.39 is 0 Å². The Hall–Kier alpha value is -0.0800. The summed E-state index contributed by atoms with van der Waals surface area (Å²) < 4.78 is 5.69. The van der Waals surface area contributed by atoms with Crippen molar-refractivity contribution in [2.24, 2.45) is 5.92 Å². The molecule has 12 heavy (non-hydrogen) atoms. The Morgan fingerprint density at radius 3 is 3.08 bits per heavy atom. The van der Waals surface area contributed by atoms with Crippen LogP contribution in [0.1, 0.15) is 32.6 Å². The highest BCUT2D eigenvalue weighted by Crippen LogP contribution is 2.34. The van der Waals surface area contributed by atoms with Crippen LogP contribution in [0.3, 0.4) is 0 Å². The Morgan fingerprint density at radius 2 is 2.25 bits per heavy atom. The van der Waals surface area contributed by atoms with E-state index in [0.29, 0.717) is 6.10 Å². The van der Waals surface area contributed by atoms with E-state index in [1.165, 1.54) is 25.7 Å². The van der Waals surface area contributed by atoms with Crippen molar-refractivity contribution in [3.05, 3.63) is 0 Å². The summed E-state index contributed by atoms with van der Waals surface area (Å²) in [4.78, 5) is 0. The van der Waals surface area contributed by atoms with Crippen LogP contribution in [0.2, 0.25) is 0 Å². The lowest BCUT2D eigenvalue weighted by molar-refractivity contribution is 0.0536. The first kappa shape index (κ1) is 8.52. The van der Waals surface area contributed by atoms with Gasteiger partial charge in [0, 0.05) is 18.6 Å². The molecule has 1 aliphatic heterocycles. The summed E-state index contributed by atoms with van der Waals surface area (Å²) in [6, 6.07) is 0.747. The Bertz CT molecular complexity index is 147. The third-order valence-corrected chi connectivity index (χ3v) is 3.25. The van der Waals surface area contributed by atoms with Crippen molar-refractivity contribution in [1.29, 1.82) is 0 Å². The van der Waals surface area contributed by atoms with Crippen LogP contribution >= 0.6 is 0 Å². The number of hydrogen-bond donors (Lipinski definition) is 1. The smallest absolute Gasteiger partial charge is 0.0619 e. The van der Waals surface area contributed by atoms with Gasteiger partial charge in [0.2, 0.25) is 0 Å². The molecular formula is C10H19NO. The van der Waals surface area contributed by atoms with E-state index in [2.05, 4.69) is 12.2 Å². The van der Waals surface area contributed by atoms with Crippen LogP contribution < -0.4 is 5.32 Å². The standard InChI is InChI=1S/C10H19NO/c1-2-11-9-4-3-5-10-8(9)6-7-12-10/h8-11H,2-7H2,1H3/t8-,9+,10+/m0/s1. The van der Waals surface area contributed by atoms with Crippen molar-refractivity contribution < 1.29 is 4.74 Å². The molecule has 3 atom stereocenters. The lowest BCUT2D eigenvalue weighted by Gasteiger charge is -2.33. The molecule has 0 aromatic heterocycles. The highest BCUT2D eigenvalue weighted by molar-refractivity contribution is 4.90. The molecule has 0 radical (unpaired) electrons. The van der Waals surface area contributed by atoms with Gasteiger partial charge in [-0.3, -0.25) is 0 Å². The molecule has 2 aliphatic rings. The van der Waals surface area contributed by atoms with E-state index in [0.717, 1.165) is 25.1 Å². The summed E-state index contributed by atoms with van der Waals surface area (Å²) in [5, 5.41) is 3.58. The predicted molar refractivity (Wildman–Crippen MR) is 49.2 cm³/mol. The van der Waals surface area contributed by atoms with Gasteiger partial charge in [-0.15, -0.1) is 0 Å². The zero-order valence-electron chi connectivity index (χ0n) is 7.88. The zero-order valence-corrected chi connectivity index (χ0v) is 7.88. The van der Waals surface area contributed by atoms with Gasteiger partial charge in [0.25, 0.3) is 0 Å². The molecule has 0 amide bonds. The first-order valence-corrected chi connectivity index (χ1v) is 5.27. The maximum absolute atomic E-state index is 5.69. The molecular weight excluding hydrogens is 150 g/mol. The minimum absolute atomic E-state index is 0.586. The van der Waals surface area contributed by atoms with Crippen LogP contribution in [-0.4, -0.2) is 25.3 Å². The molecule has 2 nitrogen and oxygen atoms in total. The Morgan fingerprint density at radius 1 is 1.33 bits per heavy atom. The lowest BCUT2D eigenvalue weighted by atomic mass is 9.82. The van der Waals surface area contributed by atoms with Gasteiger partial charge in [-0.1, -0.05) is 6.92 Å². The molecule has 70 valence electrons. The summed E-state index contributed by atoms with van der Waals surface area (Å²) in [6.07, 6.45) is 5.87. The minimum Gasteiger partial charge on any atom is -0.378 e. The van der Waals surface area contributed by atoms with Crippen molar-refractivity contribution in [1.82, 2.24) is 5.32 Å². The van der Waals surface area contributed by atoms with Gasteiger partial charge in [0.1, 0.15) is 0 Å². The quantitative estimate of drug-likeness (QED) is 0.677. The van der Waals surface area contributed by atoms with Crippen LogP contribution in [-0.2, 0) is 4.74 Å². The van der Waals surface area contributed by atoms with Crippen molar-refractivity contribution >= 4 is 0 Å². The lowest BCUT2D eigenvalue weighted by Crippen LogP contribution is -2.42.